The number of carbonyl (C=O) groups is 3. The summed E-state index contributed by atoms with van der Waals surface area (Å²) in [7, 11) is 1.51. The van der Waals surface area contributed by atoms with Gasteiger partial charge in [0.05, 0.1) is 31.6 Å². The molecule has 2 heterocycles. The van der Waals surface area contributed by atoms with Gasteiger partial charge in [0, 0.05) is 17.5 Å². The quantitative estimate of drug-likeness (QED) is 0.126. The number of halogens is 1. The van der Waals surface area contributed by atoms with Crippen molar-refractivity contribution in [1.82, 2.24) is 0 Å². The SMILES string of the molecule is CCOC(=O)c1c(-c2ccc(F)cc2)oc2ccc(OCCCCCN3C(=O)C(=O)c4cc(OC)ccc43)cc12. The summed E-state index contributed by atoms with van der Waals surface area (Å²) in [4.78, 5) is 39.1. The van der Waals surface area contributed by atoms with Gasteiger partial charge >= 0.3 is 5.97 Å². The van der Waals surface area contributed by atoms with Gasteiger partial charge in [-0.05, 0) is 86.8 Å². The topological polar surface area (TPSA) is 95.3 Å². The zero-order chi connectivity index (χ0) is 28.2. The van der Waals surface area contributed by atoms with Gasteiger partial charge in [-0.15, -0.1) is 0 Å². The van der Waals surface area contributed by atoms with E-state index in [1.165, 1.54) is 24.1 Å². The number of hydrogen-bond donors (Lipinski definition) is 0. The number of carbonyl (C=O) groups excluding carboxylic acids is 3. The van der Waals surface area contributed by atoms with Crippen molar-refractivity contribution in [3.8, 4) is 22.8 Å². The molecule has 1 amide bonds. The molecule has 40 heavy (non-hydrogen) atoms. The lowest BCUT2D eigenvalue weighted by Gasteiger charge is -2.16. The minimum atomic E-state index is -0.535. The van der Waals surface area contributed by atoms with Crippen LogP contribution >= 0.6 is 0 Å². The molecule has 9 heteroatoms. The predicted molar refractivity (Wildman–Crippen MR) is 147 cm³/mol. The molecule has 0 aliphatic carbocycles. The number of esters is 1. The van der Waals surface area contributed by atoms with Crippen LogP contribution < -0.4 is 14.4 Å². The number of ketones is 1. The normalized spacial score (nSPS) is 12.6. The zero-order valence-corrected chi connectivity index (χ0v) is 22.2. The van der Waals surface area contributed by atoms with E-state index in [-0.39, 0.29) is 18.0 Å². The molecule has 0 saturated heterocycles. The highest BCUT2D eigenvalue weighted by molar-refractivity contribution is 6.52. The summed E-state index contributed by atoms with van der Waals surface area (Å²) in [5.41, 5.74) is 2.28. The first-order valence-corrected chi connectivity index (χ1v) is 13.1. The van der Waals surface area contributed by atoms with E-state index in [1.54, 1.807) is 55.5 Å². The molecule has 0 fully saturated rings. The van der Waals surface area contributed by atoms with Crippen molar-refractivity contribution in [2.45, 2.75) is 26.2 Å². The van der Waals surface area contributed by atoms with Crippen LogP contribution in [0.5, 0.6) is 11.5 Å². The third kappa shape index (κ3) is 5.27. The molecule has 1 aliphatic rings. The highest BCUT2D eigenvalue weighted by Crippen LogP contribution is 2.36. The number of rotatable bonds is 11. The van der Waals surface area contributed by atoms with Crippen molar-refractivity contribution < 1.29 is 37.4 Å². The lowest BCUT2D eigenvalue weighted by Crippen LogP contribution is -2.30. The molecule has 0 radical (unpaired) electrons. The van der Waals surface area contributed by atoms with Crippen LogP contribution in [0.1, 0.15) is 46.9 Å². The standard InChI is InChI=1S/C31H28FNO7/c1-3-38-31(36)27-24-18-22(12-14-26(24)40-29(27)19-7-9-20(32)10-8-19)39-16-6-4-5-15-33-25-13-11-21(37-2)17-23(25)28(34)30(33)35/h7-14,17-18H,3-6,15-16H2,1-2H3. The number of Topliss-reactive ketones (excluding diaryl/α,β-unsaturated/α-hetero) is 1. The Kier molecular flexibility index (Phi) is 7.82. The van der Waals surface area contributed by atoms with Crippen LogP contribution in [0, 0.1) is 5.82 Å². The largest absolute Gasteiger partial charge is 0.497 e. The number of ether oxygens (including phenoxy) is 3. The molecular weight excluding hydrogens is 517 g/mol. The fraction of sp³-hybridized carbons (Fsp3) is 0.258. The summed E-state index contributed by atoms with van der Waals surface area (Å²) < 4.78 is 35.8. The highest BCUT2D eigenvalue weighted by Gasteiger charge is 2.35. The van der Waals surface area contributed by atoms with E-state index in [0.29, 0.717) is 64.6 Å². The molecule has 0 saturated carbocycles. The monoisotopic (exact) mass is 545 g/mol. The van der Waals surface area contributed by atoms with Crippen molar-refractivity contribution in [1.29, 1.82) is 0 Å². The zero-order valence-electron chi connectivity index (χ0n) is 22.2. The summed E-state index contributed by atoms with van der Waals surface area (Å²) in [6.07, 6.45) is 2.20. The van der Waals surface area contributed by atoms with Crippen LogP contribution in [0.3, 0.4) is 0 Å². The Bertz CT molecular complexity index is 1570. The second-order valence-electron chi connectivity index (χ2n) is 9.27. The minimum Gasteiger partial charge on any atom is -0.497 e. The summed E-state index contributed by atoms with van der Waals surface area (Å²) in [5, 5.41) is 0.544. The third-order valence-electron chi connectivity index (χ3n) is 6.72. The van der Waals surface area contributed by atoms with Crippen LogP contribution in [0.25, 0.3) is 22.3 Å². The van der Waals surface area contributed by atoms with E-state index < -0.39 is 17.7 Å². The van der Waals surface area contributed by atoms with Crippen molar-refractivity contribution >= 4 is 34.3 Å². The van der Waals surface area contributed by atoms with E-state index in [0.717, 1.165) is 12.8 Å². The minimum absolute atomic E-state index is 0.196. The van der Waals surface area contributed by atoms with E-state index in [2.05, 4.69) is 0 Å². The van der Waals surface area contributed by atoms with E-state index in [1.807, 2.05) is 0 Å². The Morgan fingerprint density at radius 1 is 0.950 bits per heavy atom. The number of methoxy groups -OCH3 is 1. The Balaban J connectivity index is 1.21. The Labute approximate surface area is 230 Å². The van der Waals surface area contributed by atoms with Gasteiger partial charge in [0.2, 0.25) is 0 Å². The van der Waals surface area contributed by atoms with Gasteiger partial charge in [0.25, 0.3) is 11.7 Å². The van der Waals surface area contributed by atoms with Crippen LogP contribution in [-0.4, -0.2) is 44.5 Å². The Morgan fingerprint density at radius 2 is 1.73 bits per heavy atom. The number of anilines is 1. The molecule has 5 rings (SSSR count). The number of furan rings is 1. The summed E-state index contributed by atoms with van der Waals surface area (Å²) in [5.74, 6) is -0.560. The molecule has 206 valence electrons. The molecule has 0 bridgehead atoms. The maximum Gasteiger partial charge on any atom is 0.342 e. The molecule has 1 aliphatic heterocycles. The molecular formula is C31H28FNO7. The maximum absolute atomic E-state index is 13.5. The van der Waals surface area contributed by atoms with Crippen molar-refractivity contribution in [3.63, 3.8) is 0 Å². The first-order valence-electron chi connectivity index (χ1n) is 13.1. The number of nitrogens with zero attached hydrogens (tertiary/aromatic N) is 1. The first kappa shape index (κ1) is 26.9. The Morgan fingerprint density at radius 3 is 2.48 bits per heavy atom. The smallest absolute Gasteiger partial charge is 0.342 e. The van der Waals surface area contributed by atoms with Crippen LogP contribution in [-0.2, 0) is 9.53 Å². The van der Waals surface area contributed by atoms with Gasteiger partial charge in [-0.25, -0.2) is 9.18 Å². The fourth-order valence-electron chi connectivity index (χ4n) is 4.74. The summed E-state index contributed by atoms with van der Waals surface area (Å²) in [6, 6.07) is 16.0. The van der Waals surface area contributed by atoms with Gasteiger partial charge in [-0.2, -0.15) is 0 Å². The second-order valence-corrected chi connectivity index (χ2v) is 9.27. The number of unbranched alkanes of at least 4 members (excludes halogenated alkanes) is 2. The lowest BCUT2D eigenvalue weighted by molar-refractivity contribution is -0.114. The molecule has 8 nitrogen and oxygen atoms in total. The number of fused-ring (bicyclic) bond motifs is 2. The molecule has 0 spiro atoms. The Hall–Kier alpha value is -4.66. The van der Waals surface area contributed by atoms with E-state index in [4.69, 9.17) is 18.6 Å². The molecule has 4 aromatic rings. The third-order valence-corrected chi connectivity index (χ3v) is 6.72. The molecule has 0 N–H and O–H groups in total. The fourth-order valence-corrected chi connectivity index (χ4v) is 4.74. The van der Waals surface area contributed by atoms with E-state index >= 15 is 0 Å². The molecule has 0 atom stereocenters. The van der Waals surface area contributed by atoms with Crippen LogP contribution in [0.4, 0.5) is 10.1 Å². The number of amides is 1. The predicted octanol–water partition coefficient (Wildman–Crippen LogP) is 6.20. The second kappa shape index (κ2) is 11.6. The van der Waals surface area contributed by atoms with Gasteiger partial charge in [-0.3, -0.25) is 9.59 Å². The van der Waals surface area contributed by atoms with Crippen molar-refractivity contribution in [3.05, 3.63) is 77.6 Å². The van der Waals surface area contributed by atoms with Gasteiger partial charge in [-0.1, -0.05) is 0 Å². The molecule has 1 aromatic heterocycles. The highest BCUT2D eigenvalue weighted by atomic mass is 19.1. The van der Waals surface area contributed by atoms with Crippen LogP contribution in [0.15, 0.2) is 65.1 Å². The lowest BCUT2D eigenvalue weighted by atomic mass is 10.1. The number of benzene rings is 3. The average Bonchev–Trinajstić information content (AvgIpc) is 3.45. The summed E-state index contributed by atoms with van der Waals surface area (Å²) in [6.45, 7) is 2.77. The van der Waals surface area contributed by atoms with Gasteiger partial charge in [0.15, 0.2) is 0 Å². The average molecular weight is 546 g/mol. The van der Waals surface area contributed by atoms with Gasteiger partial charge < -0.3 is 23.5 Å². The van der Waals surface area contributed by atoms with E-state index in [9.17, 15) is 18.8 Å². The van der Waals surface area contributed by atoms with Gasteiger partial charge in [0.1, 0.15) is 34.2 Å². The number of hydrogen-bond acceptors (Lipinski definition) is 7. The van der Waals surface area contributed by atoms with Crippen LogP contribution in [0.2, 0.25) is 0 Å². The molecule has 3 aromatic carbocycles. The molecule has 0 unspecified atom stereocenters. The maximum atomic E-state index is 13.5. The van der Waals surface area contributed by atoms with Crippen molar-refractivity contribution in [2.75, 3.05) is 31.8 Å². The summed E-state index contributed by atoms with van der Waals surface area (Å²) >= 11 is 0. The van der Waals surface area contributed by atoms with Crippen molar-refractivity contribution in [2.24, 2.45) is 0 Å². The first-order chi connectivity index (χ1) is 19.4.